The van der Waals surface area contributed by atoms with E-state index in [9.17, 15) is 22.7 Å². The second-order valence-corrected chi connectivity index (χ2v) is 11.4. The Morgan fingerprint density at radius 2 is 1.84 bits per heavy atom. The molecule has 2 saturated carbocycles. The van der Waals surface area contributed by atoms with E-state index < -0.39 is 32.4 Å². The molecule has 0 saturated heterocycles. The van der Waals surface area contributed by atoms with E-state index in [1.165, 1.54) is 43.5 Å². The van der Waals surface area contributed by atoms with Gasteiger partial charge in [0.2, 0.25) is 0 Å². The highest BCUT2D eigenvalue weighted by Gasteiger charge is 2.53. The first-order chi connectivity index (χ1) is 15.0. The van der Waals surface area contributed by atoms with Crippen LogP contribution in [0.1, 0.15) is 43.0 Å². The Bertz CT molecular complexity index is 1150. The van der Waals surface area contributed by atoms with Crippen LogP contribution < -0.4 is 10.1 Å². The van der Waals surface area contributed by atoms with Crippen molar-refractivity contribution in [3.05, 3.63) is 52.8 Å². The third kappa shape index (κ3) is 4.00. The van der Waals surface area contributed by atoms with Crippen molar-refractivity contribution in [2.75, 3.05) is 12.4 Å². The smallest absolute Gasteiger partial charge is 0.255 e. The monoisotopic (exact) mass is 481 g/mol. The highest BCUT2D eigenvalue weighted by Crippen LogP contribution is 2.51. The fourth-order valence-corrected chi connectivity index (χ4v) is 7.40. The Labute approximate surface area is 191 Å². The van der Waals surface area contributed by atoms with Gasteiger partial charge in [-0.15, -0.1) is 0 Å². The van der Waals surface area contributed by atoms with Crippen LogP contribution in [0.3, 0.4) is 0 Å². The molecule has 1 unspecified atom stereocenters. The molecule has 4 rings (SSSR count). The molecule has 6 nitrogen and oxygen atoms in total. The second-order valence-electron chi connectivity index (χ2n) is 8.78. The van der Waals surface area contributed by atoms with E-state index in [0.29, 0.717) is 18.5 Å². The van der Waals surface area contributed by atoms with Gasteiger partial charge in [-0.25, -0.2) is 12.8 Å². The number of methoxy groups -OCH3 is 1. The van der Waals surface area contributed by atoms with Crippen LogP contribution in [0.2, 0.25) is 5.02 Å². The standard InChI is InChI=1S/C23H25ClFNO5S/c1-23(28)14-4-5-15(23)11-17(10-14)32(29,30)21-9-13(3-7-18(21)24)22(27)26-16-6-8-19(25)20(12-16)31-2/h3,6-9,12,14-15,17,28H,4-5,10-11H2,1-2H3,(H,26,27)/t14-,15?,17-,23-/m0/s1. The van der Waals surface area contributed by atoms with Crippen LogP contribution in [0.25, 0.3) is 0 Å². The van der Waals surface area contributed by atoms with E-state index in [1.54, 1.807) is 6.92 Å². The molecule has 2 aromatic rings. The maximum Gasteiger partial charge on any atom is 0.255 e. The van der Waals surface area contributed by atoms with Crippen LogP contribution >= 0.6 is 11.6 Å². The SMILES string of the molecule is COc1cc(NC(=O)c2ccc(Cl)c(S(=O)(=O)[C@@H]3CC4CC[C@@H](C3)[C@]4(C)O)c2)ccc1F. The first-order valence-corrected chi connectivity index (χ1v) is 12.4. The van der Waals surface area contributed by atoms with Gasteiger partial charge in [0, 0.05) is 17.3 Å². The molecular formula is C23H25ClFNO5S. The van der Waals surface area contributed by atoms with E-state index in [4.69, 9.17) is 16.3 Å². The van der Waals surface area contributed by atoms with Crippen LogP contribution in [0.5, 0.6) is 5.75 Å². The van der Waals surface area contributed by atoms with Gasteiger partial charge in [-0.05, 0) is 74.8 Å². The lowest BCUT2D eigenvalue weighted by molar-refractivity contribution is -0.0413. The van der Waals surface area contributed by atoms with Crippen molar-refractivity contribution in [1.29, 1.82) is 0 Å². The number of aliphatic hydroxyl groups is 1. The average Bonchev–Trinajstić information content (AvgIpc) is 2.92. The molecule has 2 fully saturated rings. The molecule has 4 atom stereocenters. The quantitative estimate of drug-likeness (QED) is 0.658. The Morgan fingerprint density at radius 1 is 1.19 bits per heavy atom. The number of nitrogens with one attached hydrogen (secondary N) is 1. The molecule has 2 bridgehead atoms. The molecule has 172 valence electrons. The van der Waals surface area contributed by atoms with Gasteiger partial charge in [-0.2, -0.15) is 0 Å². The number of hydrogen-bond acceptors (Lipinski definition) is 5. The molecular weight excluding hydrogens is 457 g/mol. The lowest BCUT2D eigenvalue weighted by atomic mass is 9.76. The van der Waals surface area contributed by atoms with Gasteiger partial charge in [0.15, 0.2) is 21.4 Å². The summed E-state index contributed by atoms with van der Waals surface area (Å²) in [6.07, 6.45) is 2.35. The molecule has 2 aliphatic carbocycles. The average molecular weight is 482 g/mol. The van der Waals surface area contributed by atoms with Gasteiger partial charge >= 0.3 is 0 Å². The van der Waals surface area contributed by atoms with Crippen LogP contribution in [-0.2, 0) is 9.84 Å². The largest absolute Gasteiger partial charge is 0.494 e. The number of rotatable bonds is 5. The molecule has 0 aromatic heterocycles. The highest BCUT2D eigenvalue weighted by molar-refractivity contribution is 7.92. The first kappa shape index (κ1) is 23.0. The fourth-order valence-electron chi connectivity index (χ4n) is 5.00. The molecule has 1 amide bonds. The predicted octanol–water partition coefficient (Wildman–Crippen LogP) is 4.45. The molecule has 2 aliphatic rings. The van der Waals surface area contributed by atoms with Crippen molar-refractivity contribution in [3.63, 3.8) is 0 Å². The summed E-state index contributed by atoms with van der Waals surface area (Å²) >= 11 is 6.25. The van der Waals surface area contributed by atoms with Gasteiger partial charge in [0.1, 0.15) is 0 Å². The zero-order valence-corrected chi connectivity index (χ0v) is 19.3. The van der Waals surface area contributed by atoms with Crippen LogP contribution in [0.15, 0.2) is 41.3 Å². The molecule has 2 N–H and O–H groups in total. The molecule has 0 spiro atoms. The number of anilines is 1. The van der Waals surface area contributed by atoms with Crippen LogP contribution in [-0.4, -0.2) is 37.4 Å². The number of amides is 1. The van der Waals surface area contributed by atoms with Crippen molar-refractivity contribution < 1.29 is 27.4 Å². The molecule has 0 heterocycles. The summed E-state index contributed by atoms with van der Waals surface area (Å²) in [5.74, 6) is -1.28. The van der Waals surface area contributed by atoms with Gasteiger partial charge in [0.05, 0.1) is 27.9 Å². The Kier molecular flexibility index (Phi) is 5.98. The third-order valence-electron chi connectivity index (χ3n) is 6.96. The number of carbonyl (C=O) groups is 1. The Hall–Kier alpha value is -2.16. The Balaban J connectivity index is 1.59. The van der Waals surface area contributed by atoms with Crippen LogP contribution in [0.4, 0.5) is 10.1 Å². The summed E-state index contributed by atoms with van der Waals surface area (Å²) in [5.41, 5.74) is -0.422. The minimum atomic E-state index is -3.81. The van der Waals surface area contributed by atoms with Crippen molar-refractivity contribution in [2.45, 2.75) is 48.4 Å². The van der Waals surface area contributed by atoms with Crippen molar-refractivity contribution in [2.24, 2.45) is 11.8 Å². The maximum atomic E-state index is 13.6. The predicted molar refractivity (Wildman–Crippen MR) is 119 cm³/mol. The first-order valence-electron chi connectivity index (χ1n) is 10.4. The minimum Gasteiger partial charge on any atom is -0.494 e. The second kappa shape index (κ2) is 8.32. The van der Waals surface area contributed by atoms with Crippen molar-refractivity contribution in [1.82, 2.24) is 0 Å². The molecule has 0 aliphatic heterocycles. The van der Waals surface area contributed by atoms with E-state index in [1.807, 2.05) is 0 Å². The number of halogens is 2. The summed E-state index contributed by atoms with van der Waals surface area (Å²) in [5, 5.41) is 12.7. The number of carbonyl (C=O) groups excluding carboxylic acids is 1. The number of hydrogen-bond donors (Lipinski definition) is 2. The molecule has 0 radical (unpaired) electrons. The summed E-state index contributed by atoms with van der Waals surface area (Å²) in [6, 6.07) is 7.99. The lowest BCUT2D eigenvalue weighted by Gasteiger charge is -2.40. The minimum absolute atomic E-state index is 0.0232. The van der Waals surface area contributed by atoms with Crippen LogP contribution in [0, 0.1) is 17.7 Å². The topological polar surface area (TPSA) is 92.7 Å². The Morgan fingerprint density at radius 3 is 2.47 bits per heavy atom. The van der Waals surface area contributed by atoms with Gasteiger partial charge in [-0.3, -0.25) is 4.79 Å². The highest BCUT2D eigenvalue weighted by atomic mass is 35.5. The summed E-state index contributed by atoms with van der Waals surface area (Å²) in [7, 11) is -2.49. The zero-order valence-electron chi connectivity index (χ0n) is 17.8. The maximum absolute atomic E-state index is 13.6. The van der Waals surface area contributed by atoms with Gasteiger partial charge in [-0.1, -0.05) is 11.6 Å². The van der Waals surface area contributed by atoms with E-state index >= 15 is 0 Å². The van der Waals surface area contributed by atoms with Gasteiger partial charge in [0.25, 0.3) is 5.91 Å². The summed E-state index contributed by atoms with van der Waals surface area (Å²) in [4.78, 5) is 12.7. The van der Waals surface area contributed by atoms with Crippen molar-refractivity contribution in [3.8, 4) is 5.75 Å². The number of fused-ring (bicyclic) bond motifs is 2. The lowest BCUT2D eigenvalue weighted by Crippen LogP contribution is -2.45. The third-order valence-corrected chi connectivity index (χ3v) is 9.61. The zero-order chi connectivity index (χ0) is 23.3. The van der Waals surface area contributed by atoms with E-state index in [-0.39, 0.29) is 33.1 Å². The summed E-state index contributed by atoms with van der Waals surface area (Å²) in [6.45, 7) is 1.79. The van der Waals surface area contributed by atoms with E-state index in [2.05, 4.69) is 5.32 Å². The van der Waals surface area contributed by atoms with Gasteiger partial charge < -0.3 is 15.2 Å². The van der Waals surface area contributed by atoms with E-state index in [0.717, 1.165) is 12.8 Å². The van der Waals surface area contributed by atoms with Crippen molar-refractivity contribution >= 4 is 33.0 Å². The number of ether oxygens (including phenoxy) is 1. The number of sulfone groups is 1. The molecule has 32 heavy (non-hydrogen) atoms. The molecule has 9 heteroatoms. The summed E-state index contributed by atoms with van der Waals surface area (Å²) < 4.78 is 45.4. The number of benzene rings is 2. The molecule has 2 aromatic carbocycles. The fraction of sp³-hybridized carbons (Fsp3) is 0.435. The normalized spacial score (nSPS) is 27.2.